The fourth-order valence-corrected chi connectivity index (χ4v) is 1.81. The fourth-order valence-electron chi connectivity index (χ4n) is 1.81. The molecule has 1 fully saturated rings. The zero-order chi connectivity index (χ0) is 8.27. The Morgan fingerprint density at radius 2 is 2.27 bits per heavy atom. The van der Waals surface area contributed by atoms with Crippen LogP contribution in [-0.4, -0.2) is 35.7 Å². The molecule has 1 rings (SSSR count). The molecule has 0 saturated carbocycles. The van der Waals surface area contributed by atoms with E-state index in [1.54, 1.807) is 0 Å². The molecule has 66 valence electrons. The van der Waals surface area contributed by atoms with Crippen molar-refractivity contribution in [3.8, 4) is 0 Å². The third kappa shape index (κ3) is 2.80. The van der Waals surface area contributed by atoms with Gasteiger partial charge < -0.3 is 10.0 Å². The van der Waals surface area contributed by atoms with E-state index in [4.69, 9.17) is 0 Å². The third-order valence-electron chi connectivity index (χ3n) is 2.47. The van der Waals surface area contributed by atoms with Crippen molar-refractivity contribution in [3.63, 3.8) is 0 Å². The summed E-state index contributed by atoms with van der Waals surface area (Å²) in [5.41, 5.74) is 0. The molecule has 0 spiro atoms. The van der Waals surface area contributed by atoms with Gasteiger partial charge in [0, 0.05) is 13.1 Å². The second kappa shape index (κ2) is 4.07. The smallest absolute Gasteiger partial charge is 0.0555 e. The number of aliphatic hydroxyl groups is 1. The SMILES string of the molecule is CCN1CCC(O)CC(C)C1. The largest absolute Gasteiger partial charge is 0.393 e. The van der Waals surface area contributed by atoms with E-state index in [0.717, 1.165) is 32.5 Å². The summed E-state index contributed by atoms with van der Waals surface area (Å²) in [6.07, 6.45) is 1.89. The molecule has 0 amide bonds. The van der Waals surface area contributed by atoms with Crippen molar-refractivity contribution in [2.24, 2.45) is 5.92 Å². The van der Waals surface area contributed by atoms with Gasteiger partial charge in [-0.2, -0.15) is 0 Å². The average molecular weight is 157 g/mol. The highest BCUT2D eigenvalue weighted by atomic mass is 16.3. The number of likely N-dealkylation sites (tertiary alicyclic amines) is 1. The minimum absolute atomic E-state index is 0.0541. The molecule has 1 heterocycles. The average Bonchev–Trinajstić information content (AvgIpc) is 2.11. The van der Waals surface area contributed by atoms with Crippen LogP contribution >= 0.6 is 0 Å². The molecular weight excluding hydrogens is 138 g/mol. The standard InChI is InChI=1S/C9H19NO/c1-3-10-5-4-9(11)6-8(2)7-10/h8-9,11H,3-7H2,1-2H3. The van der Waals surface area contributed by atoms with Gasteiger partial charge in [-0.05, 0) is 25.3 Å². The van der Waals surface area contributed by atoms with Crippen molar-refractivity contribution in [3.05, 3.63) is 0 Å². The van der Waals surface area contributed by atoms with Crippen LogP contribution < -0.4 is 0 Å². The van der Waals surface area contributed by atoms with E-state index in [1.807, 2.05) is 0 Å². The Balaban J connectivity index is 2.39. The Kier molecular flexibility index (Phi) is 3.34. The van der Waals surface area contributed by atoms with E-state index in [2.05, 4.69) is 18.7 Å². The molecule has 2 unspecified atom stereocenters. The molecule has 0 bridgehead atoms. The first-order valence-electron chi connectivity index (χ1n) is 4.62. The van der Waals surface area contributed by atoms with Crippen LogP contribution in [0.1, 0.15) is 26.7 Å². The van der Waals surface area contributed by atoms with Crippen LogP contribution in [0.5, 0.6) is 0 Å². The van der Waals surface area contributed by atoms with E-state index < -0.39 is 0 Å². The van der Waals surface area contributed by atoms with Crippen molar-refractivity contribution in [2.75, 3.05) is 19.6 Å². The van der Waals surface area contributed by atoms with Gasteiger partial charge in [0.25, 0.3) is 0 Å². The molecule has 2 atom stereocenters. The lowest BCUT2D eigenvalue weighted by Crippen LogP contribution is -2.27. The quantitative estimate of drug-likeness (QED) is 0.616. The number of aliphatic hydroxyl groups excluding tert-OH is 1. The molecule has 2 nitrogen and oxygen atoms in total. The van der Waals surface area contributed by atoms with E-state index in [0.29, 0.717) is 5.92 Å². The van der Waals surface area contributed by atoms with Gasteiger partial charge in [-0.25, -0.2) is 0 Å². The number of rotatable bonds is 1. The van der Waals surface area contributed by atoms with E-state index >= 15 is 0 Å². The maximum atomic E-state index is 9.45. The lowest BCUT2D eigenvalue weighted by atomic mass is 10.0. The van der Waals surface area contributed by atoms with Crippen LogP contribution in [0.2, 0.25) is 0 Å². The molecule has 1 saturated heterocycles. The van der Waals surface area contributed by atoms with Crippen LogP contribution in [-0.2, 0) is 0 Å². The lowest BCUT2D eigenvalue weighted by Gasteiger charge is -2.19. The van der Waals surface area contributed by atoms with E-state index in [1.165, 1.54) is 0 Å². The zero-order valence-corrected chi connectivity index (χ0v) is 7.58. The van der Waals surface area contributed by atoms with Gasteiger partial charge in [0.2, 0.25) is 0 Å². The normalized spacial score (nSPS) is 35.2. The minimum atomic E-state index is -0.0541. The van der Waals surface area contributed by atoms with Crippen LogP contribution in [0.4, 0.5) is 0 Å². The Morgan fingerprint density at radius 3 is 2.91 bits per heavy atom. The summed E-state index contributed by atoms with van der Waals surface area (Å²) in [7, 11) is 0. The molecule has 0 aliphatic carbocycles. The van der Waals surface area contributed by atoms with Crippen molar-refractivity contribution in [1.82, 2.24) is 4.90 Å². The summed E-state index contributed by atoms with van der Waals surface area (Å²) in [5.74, 6) is 0.660. The van der Waals surface area contributed by atoms with Gasteiger partial charge in [0.1, 0.15) is 0 Å². The zero-order valence-electron chi connectivity index (χ0n) is 7.58. The summed E-state index contributed by atoms with van der Waals surface area (Å²) in [6, 6.07) is 0. The van der Waals surface area contributed by atoms with Gasteiger partial charge in [0.05, 0.1) is 6.10 Å². The summed E-state index contributed by atoms with van der Waals surface area (Å²) in [5, 5.41) is 9.45. The van der Waals surface area contributed by atoms with Crippen molar-refractivity contribution >= 4 is 0 Å². The predicted molar refractivity (Wildman–Crippen MR) is 46.5 cm³/mol. The number of hydrogen-bond acceptors (Lipinski definition) is 2. The molecule has 0 aromatic carbocycles. The molecule has 1 aliphatic heterocycles. The number of hydrogen-bond donors (Lipinski definition) is 1. The number of nitrogens with zero attached hydrogens (tertiary/aromatic N) is 1. The van der Waals surface area contributed by atoms with Gasteiger partial charge in [-0.15, -0.1) is 0 Å². The van der Waals surface area contributed by atoms with E-state index in [-0.39, 0.29) is 6.10 Å². The Bertz CT molecular complexity index is 116. The molecule has 1 N–H and O–H groups in total. The van der Waals surface area contributed by atoms with Gasteiger partial charge >= 0.3 is 0 Å². The molecule has 11 heavy (non-hydrogen) atoms. The lowest BCUT2D eigenvalue weighted by molar-refractivity contribution is 0.147. The van der Waals surface area contributed by atoms with Crippen LogP contribution in [0.25, 0.3) is 0 Å². The fraction of sp³-hybridized carbons (Fsp3) is 1.00. The second-order valence-electron chi connectivity index (χ2n) is 3.68. The van der Waals surface area contributed by atoms with Gasteiger partial charge in [-0.3, -0.25) is 0 Å². The topological polar surface area (TPSA) is 23.5 Å². The molecule has 0 aromatic rings. The summed E-state index contributed by atoms with van der Waals surface area (Å²) in [6.45, 7) is 7.76. The van der Waals surface area contributed by atoms with Crippen molar-refractivity contribution in [1.29, 1.82) is 0 Å². The molecule has 2 heteroatoms. The highest BCUT2D eigenvalue weighted by Gasteiger charge is 2.18. The monoisotopic (exact) mass is 157 g/mol. The van der Waals surface area contributed by atoms with Crippen LogP contribution in [0.15, 0.2) is 0 Å². The highest BCUT2D eigenvalue weighted by Crippen LogP contribution is 2.15. The highest BCUT2D eigenvalue weighted by molar-refractivity contribution is 4.72. The minimum Gasteiger partial charge on any atom is -0.393 e. The van der Waals surface area contributed by atoms with Gasteiger partial charge in [0.15, 0.2) is 0 Å². The van der Waals surface area contributed by atoms with Crippen LogP contribution in [0.3, 0.4) is 0 Å². The van der Waals surface area contributed by atoms with E-state index in [9.17, 15) is 5.11 Å². The molecule has 1 aliphatic rings. The van der Waals surface area contributed by atoms with Crippen molar-refractivity contribution in [2.45, 2.75) is 32.8 Å². The molecule has 0 aromatic heterocycles. The Hall–Kier alpha value is -0.0800. The second-order valence-corrected chi connectivity index (χ2v) is 3.68. The molecule has 0 radical (unpaired) electrons. The summed E-state index contributed by atoms with van der Waals surface area (Å²) in [4.78, 5) is 2.42. The maximum Gasteiger partial charge on any atom is 0.0555 e. The maximum absolute atomic E-state index is 9.45. The van der Waals surface area contributed by atoms with Crippen molar-refractivity contribution < 1.29 is 5.11 Å². The Labute approximate surface area is 69.2 Å². The first kappa shape index (κ1) is 9.01. The first-order chi connectivity index (χ1) is 5.22. The third-order valence-corrected chi connectivity index (χ3v) is 2.47. The van der Waals surface area contributed by atoms with Crippen LogP contribution in [0, 0.1) is 5.92 Å². The predicted octanol–water partition coefficient (Wildman–Crippen LogP) is 1.10. The summed E-state index contributed by atoms with van der Waals surface area (Å²) >= 11 is 0. The molecular formula is C9H19NO. The first-order valence-corrected chi connectivity index (χ1v) is 4.62. The Morgan fingerprint density at radius 1 is 1.55 bits per heavy atom. The summed E-state index contributed by atoms with van der Waals surface area (Å²) < 4.78 is 0. The van der Waals surface area contributed by atoms with Gasteiger partial charge in [-0.1, -0.05) is 13.8 Å².